The summed E-state index contributed by atoms with van der Waals surface area (Å²) >= 11 is 0. The first-order valence-corrected chi connectivity index (χ1v) is 13.4. The number of nitrogens with one attached hydrogen (secondary N) is 1. The van der Waals surface area contributed by atoms with Gasteiger partial charge in [-0.15, -0.1) is 0 Å². The quantitative estimate of drug-likeness (QED) is 0.214. The second-order valence-corrected chi connectivity index (χ2v) is 10.8. The highest BCUT2D eigenvalue weighted by atomic mass is 32.3. The fraction of sp³-hybridized carbons (Fsp3) is 0.500. The number of hydrogen-bond donors (Lipinski definition) is 3. The van der Waals surface area contributed by atoms with E-state index >= 15 is 0 Å². The van der Waals surface area contributed by atoms with Crippen molar-refractivity contribution < 1.29 is 28.2 Å². The van der Waals surface area contributed by atoms with Gasteiger partial charge in [-0.25, -0.2) is 9.97 Å². The Hall–Kier alpha value is -2.73. The van der Waals surface area contributed by atoms with Crippen LogP contribution in [0.2, 0.25) is 0 Å². The normalized spacial score (nSPS) is 15.3. The second kappa shape index (κ2) is 12.8. The van der Waals surface area contributed by atoms with E-state index in [0.717, 1.165) is 25.7 Å². The summed E-state index contributed by atoms with van der Waals surface area (Å²) in [4.78, 5) is 27.5. The average molecular weight is 507 g/mol. The topological polar surface area (TPSA) is 135 Å². The fourth-order valence-corrected chi connectivity index (χ4v) is 4.89. The van der Waals surface area contributed by atoms with E-state index < -0.39 is 16.5 Å². The van der Waals surface area contributed by atoms with Crippen molar-refractivity contribution >= 4 is 28.0 Å². The van der Waals surface area contributed by atoms with Crippen LogP contribution in [0.25, 0.3) is 0 Å². The van der Waals surface area contributed by atoms with Crippen LogP contribution in [0.15, 0.2) is 46.7 Å². The van der Waals surface area contributed by atoms with E-state index in [1.54, 1.807) is 31.4 Å². The number of carbonyl (C=O) groups is 1. The van der Waals surface area contributed by atoms with Gasteiger partial charge in [-0.05, 0) is 58.1 Å². The van der Waals surface area contributed by atoms with Crippen LogP contribution in [0.5, 0.6) is 5.88 Å². The molecule has 0 bridgehead atoms. The lowest BCUT2D eigenvalue weighted by molar-refractivity contribution is -0.110. The molecule has 0 saturated heterocycles. The number of nitrogens with zero attached hydrogens (tertiary/aromatic N) is 3. The molecule has 1 saturated carbocycles. The highest BCUT2D eigenvalue weighted by Gasteiger charge is 2.22. The van der Waals surface area contributed by atoms with Gasteiger partial charge >= 0.3 is 0 Å². The third-order valence-electron chi connectivity index (χ3n) is 5.32. The fourth-order valence-electron chi connectivity index (χ4n) is 3.56. The number of hydrogen-bond acceptors (Lipinski definition) is 9. The molecule has 0 radical (unpaired) electrons. The summed E-state index contributed by atoms with van der Waals surface area (Å²) in [6.07, 6.45) is 7.20. The predicted molar refractivity (Wildman–Crippen MR) is 135 cm³/mol. The minimum absolute atomic E-state index is 0.0305. The number of rotatable bonds is 12. The average Bonchev–Trinajstić information content (AvgIpc) is 3.34. The lowest BCUT2D eigenvalue weighted by atomic mass is 10.1. The molecule has 0 atom stereocenters. The Morgan fingerprint density at radius 3 is 2.49 bits per heavy atom. The molecule has 1 aromatic heterocycles. The molecule has 1 aromatic carbocycles. The van der Waals surface area contributed by atoms with Gasteiger partial charge in [0.25, 0.3) is 5.91 Å². The highest BCUT2D eigenvalue weighted by molar-refractivity contribution is 8.24. The lowest BCUT2D eigenvalue weighted by Crippen LogP contribution is -2.25. The standard InChI is InChI=1S/C24H34N4O6S/c1-17(2)33-22-16-25-21(15-26-22)27-24(29)23(28-34-19-7-4-5-8-19)18-9-11-20(12-10-18)35(30,31)14-6-13-32-3/h9-12,15-17,19,30-31H,4-8,13-14H2,1-3H3,(H,25,27,29). The van der Waals surface area contributed by atoms with Crippen LogP contribution >= 0.6 is 10.6 Å². The van der Waals surface area contributed by atoms with Gasteiger partial charge in [0.15, 0.2) is 11.5 Å². The SMILES string of the molecule is COCCCS(O)(O)c1ccc(C(=NOC2CCCC2)C(=O)Nc2cnc(OC(C)C)cn2)cc1. The van der Waals surface area contributed by atoms with Crippen molar-refractivity contribution in [3.8, 4) is 5.88 Å². The highest BCUT2D eigenvalue weighted by Crippen LogP contribution is 2.48. The summed E-state index contributed by atoms with van der Waals surface area (Å²) in [5.41, 5.74) is 0.535. The van der Waals surface area contributed by atoms with Crippen molar-refractivity contribution in [1.29, 1.82) is 0 Å². The van der Waals surface area contributed by atoms with Crippen molar-refractivity contribution in [3.63, 3.8) is 0 Å². The van der Waals surface area contributed by atoms with E-state index in [1.165, 1.54) is 12.4 Å². The Morgan fingerprint density at radius 2 is 1.89 bits per heavy atom. The molecule has 192 valence electrons. The molecule has 3 N–H and O–H groups in total. The number of benzene rings is 1. The lowest BCUT2D eigenvalue weighted by Gasteiger charge is -2.32. The summed E-state index contributed by atoms with van der Waals surface area (Å²) < 4.78 is 31.5. The Kier molecular flexibility index (Phi) is 9.84. The number of aromatic nitrogens is 2. The number of amides is 1. The van der Waals surface area contributed by atoms with Gasteiger partial charge in [0.05, 0.1) is 23.4 Å². The molecule has 1 fully saturated rings. The first-order valence-electron chi connectivity index (χ1n) is 11.7. The molecule has 1 aliphatic carbocycles. The van der Waals surface area contributed by atoms with E-state index in [4.69, 9.17) is 14.3 Å². The van der Waals surface area contributed by atoms with Crippen molar-refractivity contribution in [1.82, 2.24) is 9.97 Å². The van der Waals surface area contributed by atoms with Crippen LogP contribution < -0.4 is 10.1 Å². The largest absolute Gasteiger partial charge is 0.474 e. The van der Waals surface area contributed by atoms with Gasteiger partial charge in [0.1, 0.15) is 6.10 Å². The molecule has 1 amide bonds. The Balaban J connectivity index is 1.77. The third kappa shape index (κ3) is 8.17. The molecular weight excluding hydrogens is 472 g/mol. The summed E-state index contributed by atoms with van der Waals surface area (Å²) in [6, 6.07) is 6.43. The molecule has 2 aromatic rings. The summed E-state index contributed by atoms with van der Waals surface area (Å²) in [6.45, 7) is 4.21. The second-order valence-electron chi connectivity index (χ2n) is 8.55. The number of ether oxygens (including phenoxy) is 2. The van der Waals surface area contributed by atoms with Crippen LogP contribution in [-0.4, -0.2) is 62.4 Å². The number of anilines is 1. The van der Waals surface area contributed by atoms with Crippen LogP contribution in [-0.2, 0) is 14.4 Å². The summed E-state index contributed by atoms with van der Waals surface area (Å²) in [5.74, 6) is 0.274. The number of carbonyl (C=O) groups excluding carboxylic acids is 1. The van der Waals surface area contributed by atoms with Gasteiger partial charge in [-0.3, -0.25) is 13.9 Å². The van der Waals surface area contributed by atoms with Crippen molar-refractivity contribution in [3.05, 3.63) is 42.2 Å². The molecule has 10 nitrogen and oxygen atoms in total. The van der Waals surface area contributed by atoms with Crippen LogP contribution in [0.1, 0.15) is 51.5 Å². The molecule has 35 heavy (non-hydrogen) atoms. The maximum absolute atomic E-state index is 13.1. The molecule has 1 heterocycles. The molecular formula is C24H34N4O6S. The zero-order valence-electron chi connectivity index (χ0n) is 20.3. The van der Waals surface area contributed by atoms with Crippen LogP contribution in [0, 0.1) is 0 Å². The van der Waals surface area contributed by atoms with Crippen molar-refractivity contribution in [2.75, 3.05) is 24.8 Å². The molecule has 0 aliphatic heterocycles. The van der Waals surface area contributed by atoms with E-state index in [-0.39, 0.29) is 29.5 Å². The van der Waals surface area contributed by atoms with E-state index in [1.807, 2.05) is 13.8 Å². The van der Waals surface area contributed by atoms with Crippen molar-refractivity contribution in [2.24, 2.45) is 5.16 Å². The van der Waals surface area contributed by atoms with Gasteiger partial charge in [-0.2, -0.15) is 10.6 Å². The minimum atomic E-state index is -2.96. The van der Waals surface area contributed by atoms with Crippen LogP contribution in [0.4, 0.5) is 5.82 Å². The zero-order valence-corrected chi connectivity index (χ0v) is 21.2. The van der Waals surface area contributed by atoms with Crippen LogP contribution in [0.3, 0.4) is 0 Å². The van der Waals surface area contributed by atoms with Crippen molar-refractivity contribution in [2.45, 2.75) is 63.1 Å². The minimum Gasteiger partial charge on any atom is -0.474 e. The molecule has 0 unspecified atom stereocenters. The van der Waals surface area contributed by atoms with Gasteiger partial charge in [-0.1, -0.05) is 17.3 Å². The Bertz CT molecular complexity index is 977. The monoisotopic (exact) mass is 506 g/mol. The third-order valence-corrected chi connectivity index (χ3v) is 7.20. The summed E-state index contributed by atoms with van der Waals surface area (Å²) in [5, 5.41) is 6.87. The predicted octanol–water partition coefficient (Wildman–Crippen LogP) is 4.71. The molecule has 1 aliphatic rings. The van der Waals surface area contributed by atoms with Gasteiger partial charge in [0, 0.05) is 25.0 Å². The Morgan fingerprint density at radius 1 is 1.17 bits per heavy atom. The van der Waals surface area contributed by atoms with Gasteiger partial charge in [0.2, 0.25) is 5.88 Å². The number of methoxy groups -OCH3 is 1. The first-order chi connectivity index (χ1) is 16.8. The maximum atomic E-state index is 13.1. The molecule has 11 heteroatoms. The smallest absolute Gasteiger partial charge is 0.279 e. The molecule has 3 rings (SSSR count). The zero-order chi connectivity index (χ0) is 25.3. The maximum Gasteiger partial charge on any atom is 0.279 e. The summed E-state index contributed by atoms with van der Waals surface area (Å²) in [7, 11) is -1.39. The first kappa shape index (κ1) is 26.9. The van der Waals surface area contributed by atoms with E-state index in [2.05, 4.69) is 20.4 Å². The molecule has 0 spiro atoms. The van der Waals surface area contributed by atoms with E-state index in [9.17, 15) is 13.9 Å². The Labute approximate surface area is 207 Å². The number of oxime groups is 1. The van der Waals surface area contributed by atoms with Gasteiger partial charge < -0.3 is 19.6 Å². The van der Waals surface area contributed by atoms with E-state index in [0.29, 0.717) is 29.4 Å².